The van der Waals surface area contributed by atoms with Gasteiger partial charge in [-0.25, -0.2) is 0 Å². The van der Waals surface area contributed by atoms with E-state index in [9.17, 15) is 0 Å². The van der Waals surface area contributed by atoms with Gasteiger partial charge < -0.3 is 0 Å². The maximum Gasteiger partial charge on any atom is 0.0777 e. The predicted octanol–water partition coefficient (Wildman–Crippen LogP) is -0.679. The van der Waals surface area contributed by atoms with Crippen LogP contribution in [0.15, 0.2) is 91.0 Å². The average molecular weight is 363 g/mol. The Bertz CT molecular complexity index is 618. The minimum absolute atomic E-state index is 0.446. The van der Waals surface area contributed by atoms with Gasteiger partial charge in [0.2, 0.25) is 0 Å². The van der Waals surface area contributed by atoms with E-state index in [0.717, 1.165) is 0 Å². The highest BCUT2D eigenvalue weighted by Gasteiger charge is 2.14. The molecule has 0 fully saturated rings. The average Bonchev–Trinajstić information content (AvgIpc) is 2.57. The Balaban J connectivity index is 0.000000368. The molecule has 0 aliphatic heterocycles. The van der Waals surface area contributed by atoms with Gasteiger partial charge in [-0.15, -0.1) is 0 Å². The van der Waals surface area contributed by atoms with Gasteiger partial charge in [-0.1, -0.05) is 91.0 Å². The first-order valence-corrected chi connectivity index (χ1v) is 9.64. The van der Waals surface area contributed by atoms with Crippen LogP contribution in [-0.2, 0) is 0 Å². The van der Waals surface area contributed by atoms with Gasteiger partial charge >= 0.3 is 0 Å². The van der Waals surface area contributed by atoms with Crippen LogP contribution in [0.25, 0.3) is 0 Å². The number of halogens is 1. The number of benzene rings is 3. The van der Waals surface area contributed by atoms with Crippen molar-refractivity contribution in [1.29, 1.82) is 0 Å². The SMILES string of the molecule is [O-][Cl+3]([O-])([O-])O.c1ccc(P(c2ccccc2)c2ccccc2)cc1. The van der Waals surface area contributed by atoms with Crippen molar-refractivity contribution >= 4 is 23.8 Å². The van der Waals surface area contributed by atoms with Crippen LogP contribution >= 0.6 is 7.92 Å². The molecule has 0 amide bonds. The summed E-state index contributed by atoms with van der Waals surface area (Å²) in [7, 11) is -5.14. The highest BCUT2D eigenvalue weighted by Crippen LogP contribution is 2.32. The lowest BCUT2D eigenvalue weighted by Crippen LogP contribution is -2.58. The van der Waals surface area contributed by atoms with Gasteiger partial charge in [0, 0.05) is 0 Å². The molecule has 0 saturated heterocycles. The molecular weight excluding hydrogens is 347 g/mol. The molecule has 4 nitrogen and oxygen atoms in total. The van der Waals surface area contributed by atoms with E-state index in [1.54, 1.807) is 0 Å². The molecule has 0 saturated carbocycles. The van der Waals surface area contributed by atoms with Gasteiger partial charge in [0.05, 0.1) is 14.9 Å². The van der Waals surface area contributed by atoms with Gasteiger partial charge in [0.15, 0.2) is 0 Å². The lowest BCUT2D eigenvalue weighted by Gasteiger charge is -2.18. The molecule has 0 aliphatic rings. The van der Waals surface area contributed by atoms with Crippen molar-refractivity contribution in [3.05, 3.63) is 91.0 Å². The van der Waals surface area contributed by atoms with Crippen molar-refractivity contribution in [2.45, 2.75) is 0 Å². The zero-order valence-corrected chi connectivity index (χ0v) is 14.3. The molecular formula is C18H16ClO4P. The lowest BCUT2D eigenvalue weighted by molar-refractivity contribution is -1.92. The van der Waals surface area contributed by atoms with Gasteiger partial charge in [0.25, 0.3) is 0 Å². The molecule has 3 rings (SSSR count). The summed E-state index contributed by atoms with van der Waals surface area (Å²) < 4.78 is 32.7. The molecule has 3 aromatic rings. The molecule has 3 aromatic carbocycles. The Kier molecular flexibility index (Phi) is 6.88. The Labute approximate surface area is 144 Å². The molecule has 0 aliphatic carbocycles. The second-order valence-corrected chi connectivity index (χ2v) is 7.75. The summed E-state index contributed by atoms with van der Waals surface area (Å²) >= 11 is 0. The van der Waals surface area contributed by atoms with Crippen LogP contribution in [0.3, 0.4) is 0 Å². The molecule has 6 heteroatoms. The van der Waals surface area contributed by atoms with E-state index >= 15 is 0 Å². The molecule has 124 valence electrons. The minimum atomic E-state index is -4.69. The summed E-state index contributed by atoms with van der Waals surface area (Å²) in [6.07, 6.45) is 0. The monoisotopic (exact) mass is 362 g/mol. The Hall–Kier alpha value is -1.78. The number of hydrogen-bond donors (Lipinski definition) is 1. The smallest absolute Gasteiger partial charge is 0.0777 e. The minimum Gasteiger partial charge on any atom is -0.183 e. The molecule has 0 unspecified atom stereocenters. The van der Waals surface area contributed by atoms with E-state index in [0.29, 0.717) is 0 Å². The first kappa shape index (κ1) is 18.6. The van der Waals surface area contributed by atoms with Crippen molar-refractivity contribution < 1.29 is 28.9 Å². The van der Waals surface area contributed by atoms with Gasteiger partial charge in [-0.3, -0.25) is 0 Å². The van der Waals surface area contributed by atoms with Crippen LogP contribution in [0.2, 0.25) is 0 Å². The molecule has 0 spiro atoms. The fraction of sp³-hybridized carbons (Fsp3) is 0. The van der Waals surface area contributed by atoms with E-state index < -0.39 is 18.2 Å². The maximum atomic E-state index is 8.60. The summed E-state index contributed by atoms with van der Waals surface area (Å²) in [4.78, 5) is 0. The number of hydrogen-bond acceptors (Lipinski definition) is 4. The summed E-state index contributed by atoms with van der Waals surface area (Å²) in [5.41, 5.74) is 0. The lowest BCUT2D eigenvalue weighted by atomic mass is 10.4. The quantitative estimate of drug-likeness (QED) is 0.625. The van der Waals surface area contributed by atoms with Gasteiger partial charge in [-0.05, 0) is 23.8 Å². The molecule has 0 aromatic heterocycles. The third-order valence-electron chi connectivity index (χ3n) is 3.04. The number of rotatable bonds is 3. The summed E-state index contributed by atoms with van der Waals surface area (Å²) in [6.45, 7) is 0. The second kappa shape index (κ2) is 8.90. The Morgan fingerprint density at radius 3 is 0.958 bits per heavy atom. The van der Waals surface area contributed by atoms with Crippen molar-refractivity contribution in [1.82, 2.24) is 0 Å². The standard InChI is InChI=1S/C18H15P.ClHO4/c1-4-10-16(11-5-1)19(17-12-6-2-7-13-17)18-14-8-3-9-15-18;2-1(3,4)5/h1-15H;(H,2,3,4,5). The van der Waals surface area contributed by atoms with E-state index in [1.807, 2.05) is 0 Å². The molecule has 0 atom stereocenters. The van der Waals surface area contributed by atoms with Crippen LogP contribution in [-0.4, -0.2) is 4.66 Å². The third kappa shape index (κ3) is 6.38. The zero-order valence-electron chi connectivity index (χ0n) is 12.7. The maximum absolute atomic E-state index is 8.60. The largest absolute Gasteiger partial charge is 0.183 e. The summed E-state index contributed by atoms with van der Waals surface area (Å²) in [6, 6.07) is 32.3. The van der Waals surface area contributed by atoms with Crippen LogP contribution in [0.5, 0.6) is 0 Å². The molecule has 0 radical (unpaired) electrons. The van der Waals surface area contributed by atoms with E-state index in [4.69, 9.17) is 18.6 Å². The summed E-state index contributed by atoms with van der Waals surface area (Å²) in [5, 5.41) is 4.19. The van der Waals surface area contributed by atoms with Crippen LogP contribution in [0.1, 0.15) is 0 Å². The van der Waals surface area contributed by atoms with Crippen LogP contribution < -0.4 is 29.9 Å². The third-order valence-corrected chi connectivity index (χ3v) is 5.49. The topological polar surface area (TPSA) is 89.4 Å². The molecule has 24 heavy (non-hydrogen) atoms. The normalized spacial score (nSPS) is 10.9. The van der Waals surface area contributed by atoms with Crippen LogP contribution in [0, 0.1) is 10.2 Å². The first-order chi connectivity index (χ1) is 11.4. The summed E-state index contributed by atoms with van der Waals surface area (Å²) in [5.74, 6) is 0. The van der Waals surface area contributed by atoms with Crippen LogP contribution in [0.4, 0.5) is 0 Å². The fourth-order valence-electron chi connectivity index (χ4n) is 2.18. The highest BCUT2D eigenvalue weighted by molar-refractivity contribution is 7.79. The van der Waals surface area contributed by atoms with E-state index in [2.05, 4.69) is 91.0 Å². The molecule has 0 heterocycles. The Morgan fingerprint density at radius 2 is 0.750 bits per heavy atom. The first-order valence-electron chi connectivity index (χ1n) is 7.03. The van der Waals surface area contributed by atoms with Crippen molar-refractivity contribution in [2.24, 2.45) is 0 Å². The van der Waals surface area contributed by atoms with Crippen molar-refractivity contribution in [2.75, 3.05) is 0 Å². The van der Waals surface area contributed by atoms with E-state index in [-0.39, 0.29) is 0 Å². The molecule has 1 N–H and O–H groups in total. The van der Waals surface area contributed by atoms with Crippen molar-refractivity contribution in [3.63, 3.8) is 0 Å². The fourth-order valence-corrected chi connectivity index (χ4v) is 4.48. The van der Waals surface area contributed by atoms with Gasteiger partial charge in [0.1, 0.15) is 0 Å². The predicted molar refractivity (Wildman–Crippen MR) is 87.4 cm³/mol. The highest BCUT2D eigenvalue weighted by atomic mass is 35.7. The van der Waals surface area contributed by atoms with Crippen molar-refractivity contribution in [3.8, 4) is 0 Å². The second-order valence-electron chi connectivity index (χ2n) is 4.74. The Morgan fingerprint density at radius 1 is 0.542 bits per heavy atom. The molecule has 0 bridgehead atoms. The van der Waals surface area contributed by atoms with E-state index in [1.165, 1.54) is 15.9 Å². The van der Waals surface area contributed by atoms with Gasteiger partial charge in [-0.2, -0.15) is 14.0 Å². The zero-order chi connectivity index (χ0) is 17.4.